The molecule has 66 valence electrons. The highest BCUT2D eigenvalue weighted by molar-refractivity contribution is 4.79. The van der Waals surface area contributed by atoms with Gasteiger partial charge in [0.1, 0.15) is 0 Å². The molecule has 1 fully saturated rings. The van der Waals surface area contributed by atoms with Crippen molar-refractivity contribution in [3.05, 3.63) is 0 Å². The van der Waals surface area contributed by atoms with Crippen molar-refractivity contribution in [1.29, 1.82) is 0 Å². The Kier molecular flexibility index (Phi) is 2.90. The van der Waals surface area contributed by atoms with Crippen LogP contribution in [0.1, 0.15) is 26.7 Å². The second kappa shape index (κ2) is 3.55. The molecule has 1 unspecified atom stereocenters. The monoisotopic (exact) mass is 156 g/mol. The molecule has 0 amide bonds. The molecule has 0 aromatic rings. The molecule has 1 saturated heterocycles. The quantitative estimate of drug-likeness (QED) is 0.639. The molecule has 0 aromatic heterocycles. The third kappa shape index (κ3) is 2.80. The van der Waals surface area contributed by atoms with Crippen LogP contribution in [0.4, 0.5) is 0 Å². The van der Waals surface area contributed by atoms with E-state index >= 15 is 0 Å². The molecule has 0 spiro atoms. The lowest BCUT2D eigenvalue weighted by Gasteiger charge is -2.25. The van der Waals surface area contributed by atoms with Gasteiger partial charge in [-0.15, -0.1) is 0 Å². The van der Waals surface area contributed by atoms with E-state index in [1.165, 1.54) is 25.9 Å². The Bertz CT molecular complexity index is 115. The van der Waals surface area contributed by atoms with E-state index in [1.807, 2.05) is 0 Å². The summed E-state index contributed by atoms with van der Waals surface area (Å²) in [5.74, 6) is 0.869. The normalized spacial score (nSPS) is 25.9. The van der Waals surface area contributed by atoms with Crippen molar-refractivity contribution in [3.63, 3.8) is 0 Å². The molecule has 2 nitrogen and oxygen atoms in total. The Morgan fingerprint density at radius 2 is 2.27 bits per heavy atom. The summed E-state index contributed by atoms with van der Waals surface area (Å²) in [7, 11) is 0. The van der Waals surface area contributed by atoms with E-state index in [-0.39, 0.29) is 0 Å². The third-order valence-electron chi connectivity index (χ3n) is 2.56. The fourth-order valence-corrected chi connectivity index (χ4v) is 1.75. The van der Waals surface area contributed by atoms with Crippen LogP contribution in [0, 0.1) is 11.3 Å². The Balaban J connectivity index is 2.28. The van der Waals surface area contributed by atoms with Gasteiger partial charge < -0.3 is 11.1 Å². The molecule has 1 aliphatic rings. The Morgan fingerprint density at radius 1 is 1.55 bits per heavy atom. The molecule has 0 radical (unpaired) electrons. The first-order chi connectivity index (χ1) is 5.14. The SMILES string of the molecule is CC(C)(CN)CC1CCNC1. The molecule has 0 aromatic carbocycles. The minimum atomic E-state index is 0.344. The van der Waals surface area contributed by atoms with Crippen molar-refractivity contribution in [2.75, 3.05) is 19.6 Å². The number of hydrogen-bond acceptors (Lipinski definition) is 2. The summed E-state index contributed by atoms with van der Waals surface area (Å²) in [5, 5.41) is 3.38. The highest BCUT2D eigenvalue weighted by atomic mass is 14.9. The molecule has 11 heavy (non-hydrogen) atoms. The second-order valence-electron chi connectivity index (χ2n) is 4.43. The number of nitrogens with two attached hydrogens (primary N) is 1. The third-order valence-corrected chi connectivity index (χ3v) is 2.56. The maximum atomic E-state index is 5.66. The van der Waals surface area contributed by atoms with Gasteiger partial charge in [0.2, 0.25) is 0 Å². The minimum Gasteiger partial charge on any atom is -0.330 e. The summed E-state index contributed by atoms with van der Waals surface area (Å²) in [5.41, 5.74) is 6.01. The van der Waals surface area contributed by atoms with E-state index in [2.05, 4.69) is 19.2 Å². The number of nitrogens with one attached hydrogen (secondary N) is 1. The highest BCUT2D eigenvalue weighted by Crippen LogP contribution is 2.26. The zero-order valence-electron chi connectivity index (χ0n) is 7.69. The largest absolute Gasteiger partial charge is 0.330 e. The summed E-state index contributed by atoms with van der Waals surface area (Å²) in [6.07, 6.45) is 2.61. The zero-order valence-corrected chi connectivity index (χ0v) is 7.69. The van der Waals surface area contributed by atoms with Crippen LogP contribution in [0.15, 0.2) is 0 Å². The molecule has 2 heteroatoms. The van der Waals surface area contributed by atoms with Gasteiger partial charge in [0, 0.05) is 0 Å². The van der Waals surface area contributed by atoms with E-state index in [1.54, 1.807) is 0 Å². The average Bonchev–Trinajstić information content (AvgIpc) is 2.39. The predicted octanol–water partition coefficient (Wildman–Crippen LogP) is 0.971. The summed E-state index contributed by atoms with van der Waals surface area (Å²) in [6.45, 7) is 7.72. The summed E-state index contributed by atoms with van der Waals surface area (Å²) < 4.78 is 0. The standard InChI is InChI=1S/C9H20N2/c1-9(2,7-10)5-8-3-4-11-6-8/h8,11H,3-7,10H2,1-2H3. The van der Waals surface area contributed by atoms with Crippen molar-refractivity contribution < 1.29 is 0 Å². The molecule has 1 rings (SSSR count). The van der Waals surface area contributed by atoms with Crippen LogP contribution >= 0.6 is 0 Å². The van der Waals surface area contributed by atoms with Crippen LogP contribution in [0.5, 0.6) is 0 Å². The number of rotatable bonds is 3. The predicted molar refractivity (Wildman–Crippen MR) is 48.4 cm³/mol. The van der Waals surface area contributed by atoms with E-state index in [9.17, 15) is 0 Å². The van der Waals surface area contributed by atoms with Crippen LogP contribution < -0.4 is 11.1 Å². The summed E-state index contributed by atoms with van der Waals surface area (Å²) in [6, 6.07) is 0. The van der Waals surface area contributed by atoms with Crippen LogP contribution in [-0.4, -0.2) is 19.6 Å². The van der Waals surface area contributed by atoms with E-state index < -0.39 is 0 Å². The molecular weight excluding hydrogens is 136 g/mol. The lowest BCUT2D eigenvalue weighted by atomic mass is 9.82. The van der Waals surface area contributed by atoms with Gasteiger partial charge >= 0.3 is 0 Å². The first-order valence-electron chi connectivity index (χ1n) is 4.55. The molecular formula is C9H20N2. The van der Waals surface area contributed by atoms with Crippen molar-refractivity contribution in [2.45, 2.75) is 26.7 Å². The van der Waals surface area contributed by atoms with Gasteiger partial charge in [0.25, 0.3) is 0 Å². The van der Waals surface area contributed by atoms with E-state index in [0.29, 0.717) is 5.41 Å². The number of hydrogen-bond donors (Lipinski definition) is 2. The molecule has 0 aliphatic carbocycles. The first kappa shape index (κ1) is 9.01. The maximum absolute atomic E-state index is 5.66. The highest BCUT2D eigenvalue weighted by Gasteiger charge is 2.23. The molecule has 3 N–H and O–H groups in total. The van der Waals surface area contributed by atoms with Crippen molar-refractivity contribution >= 4 is 0 Å². The van der Waals surface area contributed by atoms with Crippen molar-refractivity contribution in [1.82, 2.24) is 5.32 Å². The lowest BCUT2D eigenvalue weighted by molar-refractivity contribution is 0.286. The van der Waals surface area contributed by atoms with Crippen LogP contribution in [0.2, 0.25) is 0 Å². The molecule has 0 saturated carbocycles. The van der Waals surface area contributed by atoms with E-state index in [4.69, 9.17) is 5.73 Å². The fraction of sp³-hybridized carbons (Fsp3) is 1.00. The molecule has 1 aliphatic heterocycles. The van der Waals surface area contributed by atoms with Gasteiger partial charge in [0.15, 0.2) is 0 Å². The van der Waals surface area contributed by atoms with Crippen molar-refractivity contribution in [2.24, 2.45) is 17.1 Å². The van der Waals surface area contributed by atoms with Gasteiger partial charge in [-0.1, -0.05) is 13.8 Å². The Hall–Kier alpha value is -0.0800. The smallest absolute Gasteiger partial charge is 0.00198 e. The van der Waals surface area contributed by atoms with Gasteiger partial charge in [0.05, 0.1) is 0 Å². The lowest BCUT2D eigenvalue weighted by Crippen LogP contribution is -2.27. The van der Waals surface area contributed by atoms with E-state index in [0.717, 1.165) is 12.5 Å². The van der Waals surface area contributed by atoms with Gasteiger partial charge in [-0.05, 0) is 43.8 Å². The van der Waals surface area contributed by atoms with Crippen molar-refractivity contribution in [3.8, 4) is 0 Å². The summed E-state index contributed by atoms with van der Waals surface area (Å²) in [4.78, 5) is 0. The minimum absolute atomic E-state index is 0.344. The zero-order chi connectivity index (χ0) is 8.32. The van der Waals surface area contributed by atoms with Crippen LogP contribution in [0.3, 0.4) is 0 Å². The Labute approximate surface area is 69.5 Å². The average molecular weight is 156 g/mol. The molecule has 0 bridgehead atoms. The van der Waals surface area contributed by atoms with Gasteiger partial charge in [-0.3, -0.25) is 0 Å². The first-order valence-corrected chi connectivity index (χ1v) is 4.55. The fourth-order valence-electron chi connectivity index (χ4n) is 1.75. The summed E-state index contributed by atoms with van der Waals surface area (Å²) >= 11 is 0. The van der Waals surface area contributed by atoms with Crippen LogP contribution in [0.25, 0.3) is 0 Å². The maximum Gasteiger partial charge on any atom is -0.00198 e. The molecule has 1 heterocycles. The molecule has 1 atom stereocenters. The van der Waals surface area contributed by atoms with Crippen LogP contribution in [-0.2, 0) is 0 Å². The van der Waals surface area contributed by atoms with Gasteiger partial charge in [-0.25, -0.2) is 0 Å². The second-order valence-corrected chi connectivity index (χ2v) is 4.43. The topological polar surface area (TPSA) is 38.0 Å². The Morgan fingerprint density at radius 3 is 2.73 bits per heavy atom. The van der Waals surface area contributed by atoms with Gasteiger partial charge in [-0.2, -0.15) is 0 Å².